The normalized spacial score (nSPS) is 16.1. The number of anilines is 1. The van der Waals surface area contributed by atoms with E-state index in [9.17, 15) is 4.79 Å². The zero-order valence-electron chi connectivity index (χ0n) is 23.3. The van der Waals surface area contributed by atoms with Crippen molar-refractivity contribution >= 4 is 29.3 Å². The van der Waals surface area contributed by atoms with Gasteiger partial charge in [0.25, 0.3) is 0 Å². The van der Waals surface area contributed by atoms with Crippen LogP contribution in [0.25, 0.3) is 11.3 Å². The molecule has 0 radical (unpaired) electrons. The summed E-state index contributed by atoms with van der Waals surface area (Å²) in [5.74, 6) is 0.736. The molecule has 0 bridgehead atoms. The van der Waals surface area contributed by atoms with Gasteiger partial charge in [0.1, 0.15) is 10.6 Å². The van der Waals surface area contributed by atoms with Crippen LogP contribution in [0.15, 0.2) is 60.1 Å². The lowest BCUT2D eigenvalue weighted by atomic mass is 10.1. The number of benzene rings is 1. The van der Waals surface area contributed by atoms with Crippen LogP contribution in [0.4, 0.5) is 10.6 Å². The number of ether oxygens (including phenoxy) is 1. The lowest BCUT2D eigenvalue weighted by Crippen LogP contribution is -2.37. The topological polar surface area (TPSA) is 89.6 Å². The molecule has 10 heteroatoms. The summed E-state index contributed by atoms with van der Waals surface area (Å²) in [6.45, 7) is 12.1. The standard InChI is InChI=1S/C29H37N7O2S/c1-20(2)24-17-31-26-27(33-25(19-34(24)26)39-22-11-8-13-30-16-22)35(28(37)38-29(3,4)5)18-21-10-6-7-12-23(21)36-15-9-14-32-36/h6-7,9-10,12,14-15,17,19-20,22,30H,8,11,13,16,18H2,1-5H3. The number of nitrogens with one attached hydrogen (secondary N) is 1. The van der Waals surface area contributed by atoms with Gasteiger partial charge in [-0.2, -0.15) is 5.10 Å². The molecule has 39 heavy (non-hydrogen) atoms. The number of nitrogens with zero attached hydrogens (tertiary/aromatic N) is 6. The van der Waals surface area contributed by atoms with E-state index in [1.165, 1.54) is 0 Å². The molecule has 9 nitrogen and oxygen atoms in total. The van der Waals surface area contributed by atoms with Gasteiger partial charge >= 0.3 is 6.09 Å². The average molecular weight is 548 g/mol. The summed E-state index contributed by atoms with van der Waals surface area (Å²) in [7, 11) is 0. The number of carbonyl (C=O) groups excluding carboxylic acids is 1. The van der Waals surface area contributed by atoms with Crippen molar-refractivity contribution in [1.29, 1.82) is 0 Å². The number of thioether (sulfide) groups is 1. The molecule has 1 aliphatic heterocycles. The summed E-state index contributed by atoms with van der Waals surface area (Å²) in [6, 6.07) is 9.81. The molecule has 206 valence electrons. The number of amides is 1. The Balaban J connectivity index is 1.63. The molecule has 1 saturated heterocycles. The minimum Gasteiger partial charge on any atom is -0.443 e. The first-order chi connectivity index (χ1) is 18.7. The van der Waals surface area contributed by atoms with Gasteiger partial charge in [-0.1, -0.05) is 32.0 Å². The summed E-state index contributed by atoms with van der Waals surface area (Å²) < 4.78 is 9.81. The third-order valence-electron chi connectivity index (χ3n) is 6.55. The van der Waals surface area contributed by atoms with Gasteiger partial charge in [0.05, 0.1) is 12.2 Å². The van der Waals surface area contributed by atoms with Crippen LogP contribution in [-0.2, 0) is 11.3 Å². The van der Waals surface area contributed by atoms with Crippen molar-refractivity contribution in [2.24, 2.45) is 0 Å². The molecular weight excluding hydrogens is 510 g/mol. The molecule has 1 atom stereocenters. The summed E-state index contributed by atoms with van der Waals surface area (Å²) >= 11 is 1.75. The van der Waals surface area contributed by atoms with Gasteiger partial charge in [0.2, 0.25) is 0 Å². The molecule has 1 N–H and O–H groups in total. The number of imidazole rings is 1. The van der Waals surface area contributed by atoms with Crippen LogP contribution in [0, 0.1) is 0 Å². The molecular formula is C29H37N7O2S. The number of carbonyl (C=O) groups is 1. The highest BCUT2D eigenvalue weighted by Gasteiger charge is 2.29. The van der Waals surface area contributed by atoms with Crippen LogP contribution in [-0.4, -0.2) is 54.2 Å². The summed E-state index contributed by atoms with van der Waals surface area (Å²) in [5.41, 5.74) is 2.83. The van der Waals surface area contributed by atoms with E-state index in [1.807, 2.05) is 63.5 Å². The highest BCUT2D eigenvalue weighted by Crippen LogP contribution is 2.33. The maximum Gasteiger partial charge on any atom is 0.416 e. The predicted octanol–water partition coefficient (Wildman–Crippen LogP) is 5.82. The Labute approximate surface area is 234 Å². The maximum atomic E-state index is 13.8. The van der Waals surface area contributed by atoms with Crippen molar-refractivity contribution in [1.82, 2.24) is 29.5 Å². The van der Waals surface area contributed by atoms with Crippen LogP contribution in [0.5, 0.6) is 0 Å². The van der Waals surface area contributed by atoms with E-state index in [-0.39, 0.29) is 12.5 Å². The quantitative estimate of drug-likeness (QED) is 0.312. The number of para-hydroxylation sites is 1. The molecule has 4 aromatic rings. The van der Waals surface area contributed by atoms with Crippen LogP contribution in [0.3, 0.4) is 0 Å². The fraction of sp³-hybridized carbons (Fsp3) is 0.448. The zero-order valence-corrected chi connectivity index (χ0v) is 24.1. The number of rotatable bonds is 7. The van der Waals surface area contributed by atoms with Gasteiger partial charge < -0.3 is 10.1 Å². The van der Waals surface area contributed by atoms with Gasteiger partial charge in [-0.3, -0.25) is 9.30 Å². The molecule has 1 unspecified atom stereocenters. The predicted molar refractivity (Wildman–Crippen MR) is 155 cm³/mol. The first-order valence-electron chi connectivity index (χ1n) is 13.5. The lowest BCUT2D eigenvalue weighted by molar-refractivity contribution is 0.0576. The van der Waals surface area contributed by atoms with Crippen LogP contribution < -0.4 is 10.2 Å². The van der Waals surface area contributed by atoms with E-state index in [0.29, 0.717) is 16.7 Å². The molecule has 1 aliphatic rings. The van der Waals surface area contributed by atoms with E-state index >= 15 is 0 Å². The Hall–Kier alpha value is -3.37. The summed E-state index contributed by atoms with van der Waals surface area (Å²) in [4.78, 5) is 25.3. The largest absolute Gasteiger partial charge is 0.443 e. The van der Waals surface area contributed by atoms with Crippen LogP contribution >= 0.6 is 11.8 Å². The first-order valence-corrected chi connectivity index (χ1v) is 14.4. The molecule has 0 aliphatic carbocycles. The lowest BCUT2D eigenvalue weighted by Gasteiger charge is -2.28. The third kappa shape index (κ3) is 6.28. The SMILES string of the molecule is CC(C)c1cnc2c(N(Cc3ccccc3-n3cccn3)C(=O)OC(C)(C)C)nc(SC3CCCNC3)cn12. The second kappa shape index (κ2) is 11.4. The minimum absolute atomic E-state index is 0.247. The van der Waals surface area contributed by atoms with Crippen LogP contribution in [0.2, 0.25) is 0 Å². The molecule has 3 aromatic heterocycles. The van der Waals surface area contributed by atoms with Gasteiger partial charge in [-0.15, -0.1) is 11.8 Å². The van der Waals surface area contributed by atoms with Gasteiger partial charge in [0, 0.05) is 42.3 Å². The third-order valence-corrected chi connectivity index (χ3v) is 7.73. The van der Waals surface area contributed by atoms with Crippen molar-refractivity contribution < 1.29 is 9.53 Å². The van der Waals surface area contributed by atoms with Crippen molar-refractivity contribution in [3.05, 3.63) is 66.4 Å². The number of fused-ring (bicyclic) bond motifs is 1. The number of hydrogen-bond acceptors (Lipinski definition) is 7. The second-order valence-corrected chi connectivity index (χ2v) is 12.5. The fourth-order valence-corrected chi connectivity index (χ4v) is 5.85. The Morgan fingerprint density at radius 1 is 1.26 bits per heavy atom. The van der Waals surface area contributed by atoms with Crippen molar-refractivity contribution in [3.63, 3.8) is 0 Å². The molecule has 0 spiro atoms. The first kappa shape index (κ1) is 27.2. The molecule has 1 amide bonds. The van der Waals surface area contributed by atoms with E-state index in [4.69, 9.17) is 14.7 Å². The molecule has 1 aromatic carbocycles. The highest BCUT2D eigenvalue weighted by atomic mass is 32.2. The van der Waals surface area contributed by atoms with Crippen molar-refractivity contribution in [2.75, 3.05) is 18.0 Å². The number of piperidine rings is 1. The zero-order chi connectivity index (χ0) is 27.6. The Kier molecular flexibility index (Phi) is 7.95. The molecule has 4 heterocycles. The van der Waals surface area contributed by atoms with Gasteiger partial charge in [-0.25, -0.2) is 19.4 Å². The summed E-state index contributed by atoms with van der Waals surface area (Å²) in [6.07, 6.45) is 9.38. The highest BCUT2D eigenvalue weighted by molar-refractivity contribution is 7.99. The fourth-order valence-electron chi connectivity index (χ4n) is 4.72. The smallest absolute Gasteiger partial charge is 0.416 e. The average Bonchev–Trinajstić information content (AvgIpc) is 3.57. The number of aromatic nitrogens is 5. The Bertz CT molecular complexity index is 1420. The van der Waals surface area contributed by atoms with Gasteiger partial charge in [0.15, 0.2) is 11.5 Å². The molecule has 5 rings (SSSR count). The van der Waals surface area contributed by atoms with E-state index in [0.717, 1.165) is 47.9 Å². The monoisotopic (exact) mass is 547 g/mol. The van der Waals surface area contributed by atoms with Crippen molar-refractivity contribution in [2.45, 2.75) is 75.8 Å². The molecule has 1 fully saturated rings. The van der Waals surface area contributed by atoms with E-state index < -0.39 is 11.7 Å². The Morgan fingerprint density at radius 2 is 2.08 bits per heavy atom. The maximum absolute atomic E-state index is 13.8. The minimum atomic E-state index is -0.675. The number of hydrogen-bond donors (Lipinski definition) is 1. The molecule has 0 saturated carbocycles. The van der Waals surface area contributed by atoms with Crippen molar-refractivity contribution in [3.8, 4) is 5.69 Å². The summed E-state index contributed by atoms with van der Waals surface area (Å²) in [5, 5.41) is 9.19. The van der Waals surface area contributed by atoms with E-state index in [1.54, 1.807) is 27.5 Å². The second-order valence-electron chi connectivity index (χ2n) is 11.2. The Morgan fingerprint density at radius 3 is 2.77 bits per heavy atom. The van der Waals surface area contributed by atoms with E-state index in [2.05, 4.69) is 34.9 Å². The van der Waals surface area contributed by atoms with Crippen LogP contribution in [0.1, 0.15) is 64.6 Å². The van der Waals surface area contributed by atoms with Gasteiger partial charge in [-0.05, 0) is 63.8 Å².